The molecule has 4 N–H and O–H groups in total. The first kappa shape index (κ1) is 16.0. The summed E-state index contributed by atoms with van der Waals surface area (Å²) in [6.07, 6.45) is -3.37. The third-order valence-corrected chi connectivity index (χ3v) is 3.66. The Morgan fingerprint density at radius 1 is 1.17 bits per heavy atom. The number of nitrogens with one attached hydrogen (secondary N) is 4. The van der Waals surface area contributed by atoms with Crippen LogP contribution in [0.2, 0.25) is 0 Å². The Morgan fingerprint density at radius 3 is 2.50 bits per heavy atom. The van der Waals surface area contributed by atoms with Gasteiger partial charge in [-0.2, -0.15) is 13.2 Å². The van der Waals surface area contributed by atoms with Gasteiger partial charge in [-0.15, -0.1) is 0 Å². The van der Waals surface area contributed by atoms with E-state index in [1.165, 1.54) is 12.3 Å². The fraction of sp³-hybridized carbons (Fsp3) is 0.188. The molecule has 2 heterocycles. The van der Waals surface area contributed by atoms with Crippen LogP contribution in [0.5, 0.6) is 0 Å². The fourth-order valence-corrected chi connectivity index (χ4v) is 2.44. The molecule has 0 fully saturated rings. The van der Waals surface area contributed by atoms with E-state index in [-0.39, 0.29) is 11.7 Å². The number of H-pyrrole nitrogens is 1. The van der Waals surface area contributed by atoms with E-state index in [0.717, 1.165) is 5.56 Å². The molecule has 0 radical (unpaired) electrons. The van der Waals surface area contributed by atoms with Gasteiger partial charge in [0.15, 0.2) is 0 Å². The molecule has 0 bridgehead atoms. The van der Waals surface area contributed by atoms with Crippen molar-refractivity contribution < 1.29 is 27.9 Å². The molecule has 0 unspecified atom stereocenters. The van der Waals surface area contributed by atoms with Gasteiger partial charge in [-0.3, -0.25) is 0 Å². The van der Waals surface area contributed by atoms with Crippen LogP contribution in [0.15, 0.2) is 48.7 Å². The summed E-state index contributed by atoms with van der Waals surface area (Å²) >= 11 is 0. The van der Waals surface area contributed by atoms with Crippen molar-refractivity contribution in [3.63, 3.8) is 0 Å². The molecule has 1 aromatic carbocycles. The quantitative estimate of drug-likeness (QED) is 0.746. The van der Waals surface area contributed by atoms with Gasteiger partial charge in [-0.05, 0) is 30.7 Å². The maximum atomic E-state index is 13.7. The smallest absolute Gasteiger partial charge is 0.248 e. The average molecular weight is 336 g/mol. The topological polar surface area (TPSA) is 69.2 Å². The SMILES string of the molecule is Cc1cc[nH+]c(N[C@]2(C(F)(F)F)[NH+]=C(c3ccccc3)NC2=O)c1. The van der Waals surface area contributed by atoms with Crippen LogP contribution in [0, 0.1) is 6.92 Å². The second kappa shape index (κ2) is 5.63. The highest BCUT2D eigenvalue weighted by molar-refractivity contribution is 6.11. The lowest BCUT2D eigenvalue weighted by Crippen LogP contribution is -2.94. The number of carbonyl (C=O) groups is 1. The van der Waals surface area contributed by atoms with E-state index < -0.39 is 17.7 Å². The largest absolute Gasteiger partial charge is 0.488 e. The number of rotatable bonds is 3. The number of aryl methyl sites for hydroxylation is 1. The Kier molecular flexibility index (Phi) is 3.75. The van der Waals surface area contributed by atoms with Gasteiger partial charge in [-0.1, -0.05) is 18.2 Å². The summed E-state index contributed by atoms with van der Waals surface area (Å²) in [6.45, 7) is 1.74. The standard InChI is InChI=1S/C16H13F3N4O/c1-10-7-8-20-12(9-10)22-15(16(17,18)19)14(24)21-13(23-15)11-5-3-2-4-6-11/h2-9H,1H3,(H,20,22)(H,21,23,24)/p+2/t15-/m0/s1. The molecule has 0 saturated carbocycles. The molecule has 2 aromatic rings. The molecule has 0 aliphatic carbocycles. The molecule has 3 rings (SSSR count). The van der Waals surface area contributed by atoms with E-state index in [2.05, 4.69) is 20.6 Å². The van der Waals surface area contributed by atoms with Gasteiger partial charge >= 0.3 is 17.7 Å². The number of carbonyl (C=O) groups excluding carboxylic acids is 1. The lowest BCUT2D eigenvalue weighted by molar-refractivity contribution is -0.568. The number of alkyl halides is 3. The van der Waals surface area contributed by atoms with Crippen LogP contribution < -0.4 is 20.6 Å². The summed E-state index contributed by atoms with van der Waals surface area (Å²) in [4.78, 5) is 17.2. The van der Waals surface area contributed by atoms with Crippen molar-refractivity contribution in [2.45, 2.75) is 18.8 Å². The van der Waals surface area contributed by atoms with Gasteiger partial charge in [0.25, 0.3) is 11.7 Å². The summed E-state index contributed by atoms with van der Waals surface area (Å²) in [5.74, 6) is -1.15. The van der Waals surface area contributed by atoms with Crippen LogP contribution in [0.4, 0.5) is 19.0 Å². The Bertz CT molecular complexity index is 804. The highest BCUT2D eigenvalue weighted by Crippen LogP contribution is 2.29. The third-order valence-electron chi connectivity index (χ3n) is 3.66. The zero-order valence-corrected chi connectivity index (χ0v) is 12.7. The first-order chi connectivity index (χ1) is 11.3. The van der Waals surface area contributed by atoms with Crippen molar-refractivity contribution in [3.8, 4) is 0 Å². The van der Waals surface area contributed by atoms with E-state index in [4.69, 9.17) is 0 Å². The molecule has 1 aliphatic heterocycles. The Morgan fingerprint density at radius 2 is 1.88 bits per heavy atom. The first-order valence-electron chi connectivity index (χ1n) is 7.17. The van der Waals surface area contributed by atoms with Gasteiger partial charge in [0, 0.05) is 6.07 Å². The molecule has 5 nitrogen and oxygen atoms in total. The van der Waals surface area contributed by atoms with Crippen LogP contribution in [0.1, 0.15) is 11.1 Å². The van der Waals surface area contributed by atoms with Crippen LogP contribution in [0.25, 0.3) is 0 Å². The first-order valence-corrected chi connectivity index (χ1v) is 7.17. The maximum absolute atomic E-state index is 13.7. The van der Waals surface area contributed by atoms with Crippen molar-refractivity contribution >= 4 is 17.6 Å². The Labute approximate surface area is 135 Å². The molecule has 1 aliphatic rings. The molecule has 1 atom stereocenters. The molecule has 1 aromatic heterocycles. The fourth-order valence-electron chi connectivity index (χ4n) is 2.44. The van der Waals surface area contributed by atoms with Crippen molar-refractivity contribution in [1.82, 2.24) is 5.32 Å². The number of amidine groups is 1. The maximum Gasteiger partial charge on any atom is 0.488 e. The van der Waals surface area contributed by atoms with Crippen molar-refractivity contribution in [2.75, 3.05) is 5.32 Å². The molecule has 1 amide bonds. The number of benzene rings is 1. The lowest BCUT2D eigenvalue weighted by atomic mass is 10.1. The van der Waals surface area contributed by atoms with Gasteiger partial charge < -0.3 is 0 Å². The summed E-state index contributed by atoms with van der Waals surface area (Å²) < 4.78 is 41.2. The molecule has 0 saturated heterocycles. The number of hydrogen-bond donors (Lipinski definition) is 3. The molecule has 24 heavy (non-hydrogen) atoms. The minimum atomic E-state index is -4.87. The normalized spacial score (nSPS) is 20.5. The van der Waals surface area contributed by atoms with Gasteiger partial charge in [0.1, 0.15) is 0 Å². The summed E-state index contributed by atoms with van der Waals surface area (Å²) in [5.41, 5.74) is -1.76. The zero-order chi connectivity index (χ0) is 17.4. The third kappa shape index (κ3) is 2.70. The number of anilines is 1. The zero-order valence-electron chi connectivity index (χ0n) is 12.7. The Balaban J connectivity index is 2.06. The minimum Gasteiger partial charge on any atom is -0.248 e. The van der Waals surface area contributed by atoms with Gasteiger partial charge in [-0.25, -0.2) is 25.4 Å². The number of aromatic amines is 1. The highest BCUT2D eigenvalue weighted by Gasteiger charge is 2.73. The molecular formula is C16H15F3N4O+2. The van der Waals surface area contributed by atoms with Crippen molar-refractivity contribution in [1.29, 1.82) is 0 Å². The Hall–Kier alpha value is -2.90. The van der Waals surface area contributed by atoms with Crippen LogP contribution in [-0.2, 0) is 4.79 Å². The number of amides is 1. The monoisotopic (exact) mass is 336 g/mol. The van der Waals surface area contributed by atoms with Gasteiger partial charge in [0.05, 0.1) is 11.8 Å². The van der Waals surface area contributed by atoms with Gasteiger partial charge in [0.2, 0.25) is 0 Å². The predicted octanol–water partition coefficient (Wildman–Crippen LogP) is 0.137. The predicted molar refractivity (Wildman–Crippen MR) is 79.8 cm³/mol. The summed E-state index contributed by atoms with van der Waals surface area (Å²) in [7, 11) is 0. The summed E-state index contributed by atoms with van der Waals surface area (Å²) in [5, 5.41) is 4.53. The summed E-state index contributed by atoms with van der Waals surface area (Å²) in [6, 6.07) is 11.5. The van der Waals surface area contributed by atoms with E-state index in [9.17, 15) is 18.0 Å². The number of pyridine rings is 1. The molecule has 0 spiro atoms. The second-order valence-corrected chi connectivity index (χ2v) is 5.47. The van der Waals surface area contributed by atoms with Crippen molar-refractivity contribution in [2.24, 2.45) is 0 Å². The average Bonchev–Trinajstić information content (AvgIpc) is 2.86. The number of halogens is 3. The van der Waals surface area contributed by atoms with Crippen LogP contribution >= 0.6 is 0 Å². The van der Waals surface area contributed by atoms with E-state index in [1.807, 2.05) is 0 Å². The van der Waals surface area contributed by atoms with E-state index in [1.54, 1.807) is 43.3 Å². The van der Waals surface area contributed by atoms with Crippen LogP contribution in [0.3, 0.4) is 0 Å². The highest BCUT2D eigenvalue weighted by atomic mass is 19.4. The van der Waals surface area contributed by atoms with E-state index in [0.29, 0.717) is 5.56 Å². The molecular weight excluding hydrogens is 321 g/mol. The molecule has 124 valence electrons. The minimum absolute atomic E-state index is 0.00178. The van der Waals surface area contributed by atoms with E-state index >= 15 is 0 Å². The molecule has 8 heteroatoms. The second-order valence-electron chi connectivity index (χ2n) is 5.47. The van der Waals surface area contributed by atoms with Crippen LogP contribution in [-0.4, -0.2) is 23.6 Å². The number of hydrogen-bond acceptors (Lipinski definition) is 2. The number of aromatic nitrogens is 1. The van der Waals surface area contributed by atoms with Crippen molar-refractivity contribution in [3.05, 3.63) is 59.8 Å². The lowest BCUT2D eigenvalue weighted by Gasteiger charge is -2.19.